The number of anilines is 2. The Morgan fingerprint density at radius 1 is 1.26 bits per heavy atom. The average Bonchev–Trinajstić information content (AvgIpc) is 2.96. The second-order valence-electron chi connectivity index (χ2n) is 7.44. The van der Waals surface area contributed by atoms with E-state index in [1.165, 1.54) is 6.92 Å². The zero-order valence-corrected chi connectivity index (χ0v) is 16.5. The maximum Gasteiger partial charge on any atom is 0.223 e. The molecule has 3 N–H and O–H groups in total. The Morgan fingerprint density at radius 3 is 2.59 bits per heavy atom. The zero-order valence-electron chi connectivity index (χ0n) is 15.7. The third kappa shape index (κ3) is 4.33. The first-order valence-corrected chi connectivity index (χ1v) is 9.44. The SMILES string of the molecule is CC(=O)Nc1nc2c(s1)C(=O)C(=C(O)c1ccc(NC(C)(C)C)nc1)CC2. The molecule has 1 aliphatic rings. The Hall–Kier alpha value is -2.74. The first-order valence-electron chi connectivity index (χ1n) is 8.63. The van der Waals surface area contributed by atoms with Gasteiger partial charge in [-0.3, -0.25) is 9.59 Å². The zero-order chi connectivity index (χ0) is 19.8. The molecular weight excluding hydrogens is 364 g/mol. The van der Waals surface area contributed by atoms with Crippen molar-refractivity contribution in [3.8, 4) is 0 Å². The van der Waals surface area contributed by atoms with Gasteiger partial charge in [0.2, 0.25) is 11.7 Å². The van der Waals surface area contributed by atoms with Crippen molar-refractivity contribution in [3.63, 3.8) is 0 Å². The van der Waals surface area contributed by atoms with Crippen LogP contribution in [0.15, 0.2) is 23.9 Å². The Balaban J connectivity index is 1.86. The molecule has 0 spiro atoms. The van der Waals surface area contributed by atoms with Crippen LogP contribution in [0.2, 0.25) is 0 Å². The minimum atomic E-state index is -0.250. The number of allylic oxidation sites excluding steroid dienone is 1. The number of aromatic nitrogens is 2. The third-order valence-electron chi connectivity index (χ3n) is 3.90. The molecule has 0 aromatic carbocycles. The predicted octanol–water partition coefficient (Wildman–Crippen LogP) is 3.81. The fourth-order valence-corrected chi connectivity index (χ4v) is 3.81. The summed E-state index contributed by atoms with van der Waals surface area (Å²) < 4.78 is 0. The lowest BCUT2D eigenvalue weighted by Crippen LogP contribution is -2.26. The van der Waals surface area contributed by atoms with Gasteiger partial charge in [0.15, 0.2) is 5.13 Å². The molecule has 0 saturated carbocycles. The first kappa shape index (κ1) is 19.0. The molecule has 7 nitrogen and oxygen atoms in total. The van der Waals surface area contributed by atoms with Crippen molar-refractivity contribution in [2.75, 3.05) is 10.6 Å². The lowest BCUT2D eigenvalue weighted by atomic mass is 9.93. The minimum Gasteiger partial charge on any atom is -0.507 e. The van der Waals surface area contributed by atoms with Crippen LogP contribution in [0, 0.1) is 0 Å². The van der Waals surface area contributed by atoms with Crippen molar-refractivity contribution in [2.45, 2.75) is 46.1 Å². The summed E-state index contributed by atoms with van der Waals surface area (Å²) in [5.41, 5.74) is 1.38. The summed E-state index contributed by atoms with van der Waals surface area (Å²) in [4.78, 5) is 33.1. The molecular formula is C19H22N4O3S. The number of ketones is 1. The molecule has 8 heteroatoms. The molecule has 1 amide bonds. The fourth-order valence-electron chi connectivity index (χ4n) is 2.79. The van der Waals surface area contributed by atoms with Crippen LogP contribution in [0.3, 0.4) is 0 Å². The van der Waals surface area contributed by atoms with Gasteiger partial charge in [0.25, 0.3) is 0 Å². The van der Waals surface area contributed by atoms with Gasteiger partial charge >= 0.3 is 0 Å². The van der Waals surface area contributed by atoms with Gasteiger partial charge in [-0.2, -0.15) is 0 Å². The number of hydrogen-bond acceptors (Lipinski definition) is 7. The van der Waals surface area contributed by atoms with Crippen molar-refractivity contribution in [1.82, 2.24) is 9.97 Å². The van der Waals surface area contributed by atoms with Crippen LogP contribution < -0.4 is 10.6 Å². The molecule has 3 rings (SSSR count). The summed E-state index contributed by atoms with van der Waals surface area (Å²) in [5.74, 6) is 0.153. The summed E-state index contributed by atoms with van der Waals surface area (Å²) in [6.07, 6.45) is 2.48. The number of carbonyl (C=O) groups is 2. The number of rotatable bonds is 3. The van der Waals surface area contributed by atoms with Crippen LogP contribution in [0.1, 0.15) is 55.0 Å². The number of thiazole rings is 1. The smallest absolute Gasteiger partial charge is 0.223 e. The van der Waals surface area contributed by atoms with Gasteiger partial charge in [-0.25, -0.2) is 9.97 Å². The molecule has 142 valence electrons. The van der Waals surface area contributed by atoms with Crippen molar-refractivity contribution in [3.05, 3.63) is 40.0 Å². The molecule has 0 radical (unpaired) electrons. The second-order valence-corrected chi connectivity index (χ2v) is 8.44. The molecule has 2 heterocycles. The van der Waals surface area contributed by atoms with Gasteiger partial charge < -0.3 is 15.7 Å². The first-order chi connectivity index (χ1) is 12.6. The topological polar surface area (TPSA) is 104 Å². The van der Waals surface area contributed by atoms with E-state index in [9.17, 15) is 14.7 Å². The molecule has 0 fully saturated rings. The monoisotopic (exact) mass is 386 g/mol. The van der Waals surface area contributed by atoms with Crippen LogP contribution in [0.25, 0.3) is 5.76 Å². The van der Waals surface area contributed by atoms with Crippen molar-refractivity contribution in [1.29, 1.82) is 0 Å². The summed E-state index contributed by atoms with van der Waals surface area (Å²) in [6, 6.07) is 3.51. The van der Waals surface area contributed by atoms with Crippen molar-refractivity contribution in [2.24, 2.45) is 0 Å². The van der Waals surface area contributed by atoms with E-state index in [-0.39, 0.29) is 23.0 Å². The summed E-state index contributed by atoms with van der Waals surface area (Å²) >= 11 is 1.13. The van der Waals surface area contributed by atoms with E-state index in [1.54, 1.807) is 18.3 Å². The van der Waals surface area contributed by atoms with Gasteiger partial charge in [-0.1, -0.05) is 11.3 Å². The van der Waals surface area contributed by atoms with E-state index >= 15 is 0 Å². The molecule has 0 aliphatic heterocycles. The van der Waals surface area contributed by atoms with Crippen LogP contribution >= 0.6 is 11.3 Å². The quantitative estimate of drug-likeness (QED) is 0.547. The molecule has 0 atom stereocenters. The average molecular weight is 386 g/mol. The van der Waals surface area contributed by atoms with Gasteiger partial charge in [0, 0.05) is 29.8 Å². The number of hydrogen-bond donors (Lipinski definition) is 3. The van der Waals surface area contributed by atoms with Crippen LogP contribution in [-0.2, 0) is 11.2 Å². The number of nitrogens with zero attached hydrogens (tertiary/aromatic N) is 2. The van der Waals surface area contributed by atoms with Crippen LogP contribution in [-0.4, -0.2) is 32.3 Å². The number of nitrogens with one attached hydrogen (secondary N) is 2. The molecule has 1 aliphatic carbocycles. The normalized spacial score (nSPS) is 15.9. The summed E-state index contributed by atoms with van der Waals surface area (Å²) in [7, 11) is 0. The lowest BCUT2D eigenvalue weighted by molar-refractivity contribution is -0.114. The standard InChI is InChI=1S/C19H22N4O3S/c1-10(24)21-18-22-13-7-6-12(16(26)17(13)27-18)15(25)11-5-8-14(20-9-11)23-19(2,3)4/h5,8-9,25H,6-7H2,1-4H3,(H,20,23)(H,21,22,24). The van der Waals surface area contributed by atoms with E-state index in [4.69, 9.17) is 0 Å². The van der Waals surface area contributed by atoms with Crippen molar-refractivity contribution < 1.29 is 14.7 Å². The molecule has 27 heavy (non-hydrogen) atoms. The number of amides is 1. The highest BCUT2D eigenvalue weighted by Gasteiger charge is 2.29. The summed E-state index contributed by atoms with van der Waals surface area (Å²) in [6.45, 7) is 7.49. The van der Waals surface area contributed by atoms with Crippen LogP contribution in [0.4, 0.5) is 10.9 Å². The molecule has 2 aromatic heterocycles. The minimum absolute atomic E-state index is 0.0602. The highest BCUT2D eigenvalue weighted by molar-refractivity contribution is 7.18. The number of aliphatic hydroxyl groups excluding tert-OH is 1. The number of Topliss-reactive ketones (excluding diaryl/α,β-unsaturated/α-hetero) is 1. The second kappa shape index (κ2) is 7.11. The number of fused-ring (bicyclic) bond motifs is 1. The van der Waals surface area contributed by atoms with Gasteiger partial charge in [-0.05, 0) is 45.7 Å². The van der Waals surface area contributed by atoms with E-state index in [1.807, 2.05) is 20.8 Å². The van der Waals surface area contributed by atoms with Crippen molar-refractivity contribution >= 4 is 39.7 Å². The highest BCUT2D eigenvalue weighted by atomic mass is 32.1. The number of pyridine rings is 1. The Bertz CT molecular complexity index is 923. The molecule has 0 bridgehead atoms. The van der Waals surface area contributed by atoms with Gasteiger partial charge in [0.05, 0.1) is 5.69 Å². The number of carbonyl (C=O) groups excluding carboxylic acids is 2. The Labute approximate surface area is 161 Å². The maximum absolute atomic E-state index is 12.8. The molecule has 2 aromatic rings. The Morgan fingerprint density at radius 2 is 2.00 bits per heavy atom. The van der Waals surface area contributed by atoms with E-state index < -0.39 is 0 Å². The van der Waals surface area contributed by atoms with Gasteiger partial charge in [0.1, 0.15) is 16.5 Å². The fraction of sp³-hybridized carbons (Fsp3) is 0.368. The largest absolute Gasteiger partial charge is 0.507 e. The van der Waals surface area contributed by atoms with E-state index in [0.29, 0.717) is 45.5 Å². The van der Waals surface area contributed by atoms with E-state index in [2.05, 4.69) is 20.6 Å². The maximum atomic E-state index is 12.8. The molecule has 0 unspecified atom stereocenters. The number of aliphatic hydroxyl groups is 1. The van der Waals surface area contributed by atoms with Crippen LogP contribution in [0.5, 0.6) is 0 Å². The highest BCUT2D eigenvalue weighted by Crippen LogP contribution is 2.34. The number of aryl methyl sites for hydroxylation is 1. The third-order valence-corrected chi connectivity index (χ3v) is 4.91. The lowest BCUT2D eigenvalue weighted by Gasteiger charge is -2.21. The summed E-state index contributed by atoms with van der Waals surface area (Å²) in [5, 5.41) is 16.9. The van der Waals surface area contributed by atoms with Gasteiger partial charge in [-0.15, -0.1) is 0 Å². The predicted molar refractivity (Wildman–Crippen MR) is 106 cm³/mol. The Kier molecular flexibility index (Phi) is 5.01. The molecule has 0 saturated heterocycles. The van der Waals surface area contributed by atoms with E-state index in [0.717, 1.165) is 11.3 Å².